The van der Waals surface area contributed by atoms with Crippen LogP contribution in [0, 0.1) is 19.3 Å². The van der Waals surface area contributed by atoms with Crippen molar-refractivity contribution in [1.29, 1.82) is 0 Å². The summed E-state index contributed by atoms with van der Waals surface area (Å²) in [7, 11) is 1.64. The molecular formula is C14H19NO2. The van der Waals surface area contributed by atoms with Crippen LogP contribution in [0.4, 0.5) is 0 Å². The highest BCUT2D eigenvalue weighted by Gasteiger charge is 2.08. The van der Waals surface area contributed by atoms with Crippen molar-refractivity contribution in [2.45, 2.75) is 20.0 Å². The third kappa shape index (κ3) is 4.38. The van der Waals surface area contributed by atoms with E-state index in [1.165, 1.54) is 0 Å². The zero-order valence-electron chi connectivity index (χ0n) is 10.6. The molecule has 0 aliphatic carbocycles. The van der Waals surface area contributed by atoms with Crippen molar-refractivity contribution in [3.05, 3.63) is 23.8 Å². The number of hydrogen-bond acceptors (Lipinski definition) is 3. The third-order valence-electron chi connectivity index (χ3n) is 2.31. The molecule has 17 heavy (non-hydrogen) atoms. The number of nitrogens with one attached hydrogen (secondary N) is 1. The van der Waals surface area contributed by atoms with E-state index in [-0.39, 0.29) is 6.10 Å². The summed E-state index contributed by atoms with van der Waals surface area (Å²) in [6.45, 7) is 5.27. The van der Waals surface area contributed by atoms with Crippen molar-refractivity contribution in [1.82, 2.24) is 5.32 Å². The number of terminal acetylenes is 1. The molecule has 1 unspecified atom stereocenters. The van der Waals surface area contributed by atoms with E-state index < -0.39 is 0 Å². The van der Waals surface area contributed by atoms with Gasteiger partial charge in [-0.25, -0.2) is 0 Å². The lowest BCUT2D eigenvalue weighted by molar-refractivity contribution is 0.209. The molecule has 0 saturated carbocycles. The second kappa shape index (κ2) is 6.82. The summed E-state index contributed by atoms with van der Waals surface area (Å²) >= 11 is 0. The summed E-state index contributed by atoms with van der Waals surface area (Å²) in [4.78, 5) is 0. The minimum absolute atomic E-state index is 0.0416. The van der Waals surface area contributed by atoms with Gasteiger partial charge in [-0.1, -0.05) is 12.0 Å². The lowest BCUT2D eigenvalue weighted by Gasteiger charge is -2.17. The van der Waals surface area contributed by atoms with Crippen molar-refractivity contribution in [3.63, 3.8) is 0 Å². The standard InChI is InChI=1S/C14H19NO2/c1-5-8-15-10-12(3)17-13-7-6-11(2)9-14(13)16-4/h1,6-7,9,12,15H,8,10H2,2-4H3. The molecule has 1 rings (SSSR count). The quantitative estimate of drug-likeness (QED) is 0.602. The van der Waals surface area contributed by atoms with Crippen LogP contribution in [0.2, 0.25) is 0 Å². The van der Waals surface area contributed by atoms with E-state index in [1.807, 2.05) is 32.0 Å². The fourth-order valence-corrected chi connectivity index (χ4v) is 1.48. The Hall–Kier alpha value is -1.66. The molecular weight excluding hydrogens is 214 g/mol. The predicted octanol–water partition coefficient (Wildman–Crippen LogP) is 1.99. The molecule has 92 valence electrons. The van der Waals surface area contributed by atoms with Gasteiger partial charge >= 0.3 is 0 Å². The molecule has 0 aliphatic heterocycles. The van der Waals surface area contributed by atoms with Gasteiger partial charge in [-0.15, -0.1) is 6.42 Å². The molecule has 3 heteroatoms. The molecule has 1 atom stereocenters. The zero-order chi connectivity index (χ0) is 12.7. The van der Waals surface area contributed by atoms with E-state index in [1.54, 1.807) is 7.11 Å². The second-order valence-corrected chi connectivity index (χ2v) is 3.92. The molecule has 3 nitrogen and oxygen atoms in total. The van der Waals surface area contributed by atoms with Crippen LogP contribution in [0.3, 0.4) is 0 Å². The molecule has 0 aromatic heterocycles. The minimum atomic E-state index is 0.0416. The molecule has 0 radical (unpaired) electrons. The fraction of sp³-hybridized carbons (Fsp3) is 0.429. The van der Waals surface area contributed by atoms with E-state index in [2.05, 4.69) is 11.2 Å². The lowest BCUT2D eigenvalue weighted by atomic mass is 10.2. The van der Waals surface area contributed by atoms with Crippen LogP contribution in [-0.4, -0.2) is 26.3 Å². The Labute approximate surface area is 103 Å². The third-order valence-corrected chi connectivity index (χ3v) is 2.31. The average Bonchev–Trinajstić information content (AvgIpc) is 2.32. The topological polar surface area (TPSA) is 30.5 Å². The van der Waals surface area contributed by atoms with Gasteiger partial charge in [0.1, 0.15) is 6.10 Å². The molecule has 1 aromatic carbocycles. The highest BCUT2D eigenvalue weighted by atomic mass is 16.5. The Morgan fingerprint density at radius 2 is 2.18 bits per heavy atom. The summed E-state index contributed by atoms with van der Waals surface area (Å²) < 4.78 is 11.1. The van der Waals surface area contributed by atoms with Gasteiger partial charge in [-0.05, 0) is 31.5 Å². The Balaban J connectivity index is 2.58. The summed E-state index contributed by atoms with van der Waals surface area (Å²) in [5.74, 6) is 4.04. The molecule has 0 fully saturated rings. The van der Waals surface area contributed by atoms with Crippen molar-refractivity contribution in [2.75, 3.05) is 20.2 Å². The number of ether oxygens (including phenoxy) is 2. The van der Waals surface area contributed by atoms with E-state index in [0.29, 0.717) is 13.1 Å². The van der Waals surface area contributed by atoms with Crippen LogP contribution in [-0.2, 0) is 0 Å². The van der Waals surface area contributed by atoms with Crippen molar-refractivity contribution in [3.8, 4) is 23.8 Å². The minimum Gasteiger partial charge on any atom is -0.493 e. The first-order valence-electron chi connectivity index (χ1n) is 5.63. The maximum atomic E-state index is 5.78. The average molecular weight is 233 g/mol. The van der Waals surface area contributed by atoms with Crippen LogP contribution < -0.4 is 14.8 Å². The summed E-state index contributed by atoms with van der Waals surface area (Å²) in [5, 5.41) is 3.10. The fourth-order valence-electron chi connectivity index (χ4n) is 1.48. The first kappa shape index (κ1) is 13.4. The summed E-state index contributed by atoms with van der Waals surface area (Å²) in [6.07, 6.45) is 5.20. The first-order valence-corrected chi connectivity index (χ1v) is 5.63. The van der Waals surface area contributed by atoms with Gasteiger partial charge < -0.3 is 14.8 Å². The first-order chi connectivity index (χ1) is 8.17. The highest BCUT2D eigenvalue weighted by Crippen LogP contribution is 2.28. The van der Waals surface area contributed by atoms with Crippen LogP contribution in [0.5, 0.6) is 11.5 Å². The smallest absolute Gasteiger partial charge is 0.161 e. The Morgan fingerprint density at radius 3 is 2.82 bits per heavy atom. The van der Waals surface area contributed by atoms with Gasteiger partial charge in [0, 0.05) is 6.54 Å². The number of aryl methyl sites for hydroxylation is 1. The SMILES string of the molecule is C#CCNCC(C)Oc1ccc(C)cc1OC. The maximum absolute atomic E-state index is 5.78. The number of methoxy groups -OCH3 is 1. The van der Waals surface area contributed by atoms with Gasteiger partial charge in [0.25, 0.3) is 0 Å². The van der Waals surface area contributed by atoms with Crippen molar-refractivity contribution in [2.24, 2.45) is 0 Å². The molecule has 0 heterocycles. The van der Waals surface area contributed by atoms with Gasteiger partial charge in [0.2, 0.25) is 0 Å². The van der Waals surface area contributed by atoms with E-state index >= 15 is 0 Å². The number of benzene rings is 1. The monoisotopic (exact) mass is 233 g/mol. The highest BCUT2D eigenvalue weighted by molar-refractivity contribution is 5.42. The maximum Gasteiger partial charge on any atom is 0.161 e. The van der Waals surface area contributed by atoms with Crippen LogP contribution in [0.15, 0.2) is 18.2 Å². The predicted molar refractivity (Wildman–Crippen MR) is 69.5 cm³/mol. The molecule has 0 spiro atoms. The van der Waals surface area contributed by atoms with E-state index in [9.17, 15) is 0 Å². The lowest BCUT2D eigenvalue weighted by Crippen LogP contribution is -2.29. The van der Waals surface area contributed by atoms with E-state index in [4.69, 9.17) is 15.9 Å². The molecule has 0 bridgehead atoms. The second-order valence-electron chi connectivity index (χ2n) is 3.92. The molecule has 1 aromatic rings. The molecule has 0 aliphatic rings. The Bertz CT molecular complexity index is 396. The zero-order valence-corrected chi connectivity index (χ0v) is 10.6. The molecule has 1 N–H and O–H groups in total. The molecule has 0 saturated heterocycles. The van der Waals surface area contributed by atoms with Crippen LogP contribution in [0.25, 0.3) is 0 Å². The van der Waals surface area contributed by atoms with Gasteiger partial charge in [0.15, 0.2) is 11.5 Å². The summed E-state index contributed by atoms with van der Waals surface area (Å²) in [5.41, 5.74) is 1.15. The van der Waals surface area contributed by atoms with Crippen LogP contribution in [0.1, 0.15) is 12.5 Å². The largest absolute Gasteiger partial charge is 0.493 e. The summed E-state index contributed by atoms with van der Waals surface area (Å²) in [6, 6.07) is 5.88. The van der Waals surface area contributed by atoms with Crippen molar-refractivity contribution < 1.29 is 9.47 Å². The van der Waals surface area contributed by atoms with Gasteiger partial charge in [-0.2, -0.15) is 0 Å². The van der Waals surface area contributed by atoms with E-state index in [0.717, 1.165) is 17.1 Å². The number of rotatable bonds is 6. The Morgan fingerprint density at radius 1 is 1.41 bits per heavy atom. The number of hydrogen-bond donors (Lipinski definition) is 1. The van der Waals surface area contributed by atoms with Gasteiger partial charge in [-0.3, -0.25) is 0 Å². The normalized spacial score (nSPS) is 11.6. The molecule has 0 amide bonds. The van der Waals surface area contributed by atoms with Crippen molar-refractivity contribution >= 4 is 0 Å². The Kier molecular flexibility index (Phi) is 5.38. The van der Waals surface area contributed by atoms with Gasteiger partial charge in [0.05, 0.1) is 13.7 Å². The van der Waals surface area contributed by atoms with Crippen LogP contribution >= 0.6 is 0 Å².